The van der Waals surface area contributed by atoms with E-state index in [1.807, 2.05) is 12.1 Å². The van der Waals surface area contributed by atoms with Gasteiger partial charge in [0.2, 0.25) is 0 Å². The Balaban J connectivity index is 2.03. The third kappa shape index (κ3) is 3.70. The number of likely N-dealkylation sites (tertiary alicyclic amines) is 1. The lowest BCUT2D eigenvalue weighted by atomic mass is 10.0. The number of hydrogen-bond acceptors (Lipinski definition) is 3. The maximum absolute atomic E-state index is 12.3. The maximum atomic E-state index is 12.3. The van der Waals surface area contributed by atoms with Gasteiger partial charge >= 0.3 is 0 Å². The van der Waals surface area contributed by atoms with Crippen LogP contribution in [-0.2, 0) is 0 Å². The Labute approximate surface area is 122 Å². The van der Waals surface area contributed by atoms with Crippen LogP contribution in [0.4, 0.5) is 0 Å². The third-order valence-corrected chi connectivity index (χ3v) is 3.96. The minimum Gasteiger partial charge on any atom is -0.496 e. The molecule has 1 aliphatic rings. The van der Waals surface area contributed by atoms with Crippen LogP contribution in [0.1, 0.15) is 23.2 Å². The van der Waals surface area contributed by atoms with Gasteiger partial charge in [-0.2, -0.15) is 0 Å². The quantitative estimate of drug-likeness (QED) is 0.926. The smallest absolute Gasteiger partial charge is 0.255 e. The normalized spacial score (nSPS) is 17.2. The molecule has 104 valence electrons. The van der Waals surface area contributed by atoms with Crippen LogP contribution in [0.25, 0.3) is 0 Å². The van der Waals surface area contributed by atoms with Crippen LogP contribution in [0.15, 0.2) is 22.7 Å². The molecule has 19 heavy (non-hydrogen) atoms. The Morgan fingerprint density at radius 1 is 1.42 bits per heavy atom. The van der Waals surface area contributed by atoms with Gasteiger partial charge in [0, 0.05) is 10.5 Å². The van der Waals surface area contributed by atoms with E-state index in [1.165, 1.54) is 0 Å². The minimum atomic E-state index is -0.0566. The molecule has 4 nitrogen and oxygen atoms in total. The molecule has 0 spiro atoms. The summed E-state index contributed by atoms with van der Waals surface area (Å²) in [6, 6.07) is 5.71. The number of piperidine rings is 1. The van der Waals surface area contributed by atoms with E-state index < -0.39 is 0 Å². The van der Waals surface area contributed by atoms with Gasteiger partial charge in [0.15, 0.2) is 0 Å². The van der Waals surface area contributed by atoms with Crippen LogP contribution in [-0.4, -0.2) is 44.1 Å². The molecule has 1 fully saturated rings. The first-order valence-corrected chi connectivity index (χ1v) is 7.22. The van der Waals surface area contributed by atoms with E-state index in [0.717, 1.165) is 30.4 Å². The van der Waals surface area contributed by atoms with Gasteiger partial charge in [0.1, 0.15) is 5.75 Å². The lowest BCUT2D eigenvalue weighted by molar-refractivity contribution is 0.0914. The highest BCUT2D eigenvalue weighted by Crippen LogP contribution is 2.23. The summed E-state index contributed by atoms with van der Waals surface area (Å²) >= 11 is 3.37. The molecular formula is C14H19BrN2O2. The molecule has 0 atom stereocenters. The van der Waals surface area contributed by atoms with E-state index in [4.69, 9.17) is 4.74 Å². The van der Waals surface area contributed by atoms with Crippen molar-refractivity contribution in [3.63, 3.8) is 0 Å². The molecule has 1 aromatic carbocycles. The summed E-state index contributed by atoms with van der Waals surface area (Å²) in [5, 5.41) is 3.09. The molecule has 1 heterocycles. The van der Waals surface area contributed by atoms with Crippen LogP contribution < -0.4 is 10.1 Å². The highest BCUT2D eigenvalue weighted by molar-refractivity contribution is 9.10. The summed E-state index contributed by atoms with van der Waals surface area (Å²) in [4.78, 5) is 14.5. The zero-order valence-corrected chi connectivity index (χ0v) is 12.9. The second-order valence-electron chi connectivity index (χ2n) is 4.90. The first-order valence-electron chi connectivity index (χ1n) is 6.43. The summed E-state index contributed by atoms with van der Waals surface area (Å²) in [6.07, 6.45) is 2.00. The first kappa shape index (κ1) is 14.3. The van der Waals surface area contributed by atoms with Crippen molar-refractivity contribution in [2.45, 2.75) is 18.9 Å². The van der Waals surface area contributed by atoms with Crippen LogP contribution in [0.2, 0.25) is 0 Å². The molecule has 1 saturated heterocycles. The number of nitrogens with zero attached hydrogens (tertiary/aromatic N) is 1. The number of carbonyl (C=O) groups is 1. The van der Waals surface area contributed by atoms with Crippen molar-refractivity contribution in [3.8, 4) is 5.75 Å². The summed E-state index contributed by atoms with van der Waals surface area (Å²) < 4.78 is 6.16. The van der Waals surface area contributed by atoms with E-state index in [0.29, 0.717) is 11.3 Å². The summed E-state index contributed by atoms with van der Waals surface area (Å²) in [5.74, 6) is 0.540. The van der Waals surface area contributed by atoms with Crippen LogP contribution in [0.5, 0.6) is 5.75 Å². The number of ether oxygens (including phenoxy) is 1. The number of amides is 1. The molecule has 1 amide bonds. The number of methoxy groups -OCH3 is 1. The van der Waals surface area contributed by atoms with E-state index in [-0.39, 0.29) is 11.9 Å². The fourth-order valence-corrected chi connectivity index (χ4v) is 2.61. The van der Waals surface area contributed by atoms with Crippen molar-refractivity contribution in [1.29, 1.82) is 0 Å². The second-order valence-corrected chi connectivity index (χ2v) is 5.81. The van der Waals surface area contributed by atoms with E-state index >= 15 is 0 Å². The molecule has 1 N–H and O–H groups in total. The fourth-order valence-electron chi connectivity index (χ4n) is 2.27. The molecule has 2 rings (SSSR count). The Hall–Kier alpha value is -1.07. The first-order chi connectivity index (χ1) is 9.10. The predicted octanol–water partition coefficient (Wildman–Crippen LogP) is 2.28. The maximum Gasteiger partial charge on any atom is 0.255 e. The number of nitrogens with one attached hydrogen (secondary N) is 1. The van der Waals surface area contributed by atoms with Crippen LogP contribution in [0, 0.1) is 0 Å². The van der Waals surface area contributed by atoms with Gasteiger partial charge in [-0.15, -0.1) is 0 Å². The topological polar surface area (TPSA) is 41.6 Å². The van der Waals surface area contributed by atoms with E-state index in [9.17, 15) is 4.79 Å². The Bertz CT molecular complexity index is 457. The number of halogens is 1. The summed E-state index contributed by atoms with van der Waals surface area (Å²) in [7, 11) is 3.68. The van der Waals surface area contributed by atoms with Crippen molar-refractivity contribution in [3.05, 3.63) is 28.2 Å². The molecular weight excluding hydrogens is 308 g/mol. The Morgan fingerprint density at radius 3 is 2.74 bits per heavy atom. The van der Waals surface area contributed by atoms with Crippen molar-refractivity contribution < 1.29 is 9.53 Å². The van der Waals surface area contributed by atoms with Crippen LogP contribution >= 0.6 is 15.9 Å². The molecule has 0 radical (unpaired) electrons. The van der Waals surface area contributed by atoms with E-state index in [1.54, 1.807) is 13.2 Å². The van der Waals surface area contributed by atoms with Gasteiger partial charge in [-0.05, 0) is 51.2 Å². The molecule has 0 aliphatic carbocycles. The van der Waals surface area contributed by atoms with Gasteiger partial charge in [-0.25, -0.2) is 0 Å². The molecule has 5 heteroatoms. The highest BCUT2D eigenvalue weighted by atomic mass is 79.9. The minimum absolute atomic E-state index is 0.0566. The van der Waals surface area contributed by atoms with Crippen molar-refractivity contribution >= 4 is 21.8 Å². The van der Waals surface area contributed by atoms with Gasteiger partial charge in [0.05, 0.1) is 12.7 Å². The van der Waals surface area contributed by atoms with Crippen LogP contribution in [0.3, 0.4) is 0 Å². The number of hydrogen-bond donors (Lipinski definition) is 1. The number of rotatable bonds is 3. The average molecular weight is 327 g/mol. The molecule has 1 aliphatic heterocycles. The highest BCUT2D eigenvalue weighted by Gasteiger charge is 2.20. The van der Waals surface area contributed by atoms with Crippen molar-refractivity contribution in [2.24, 2.45) is 0 Å². The second kappa shape index (κ2) is 6.39. The third-order valence-electron chi connectivity index (χ3n) is 3.46. The van der Waals surface area contributed by atoms with Gasteiger partial charge < -0.3 is 15.0 Å². The molecule has 0 aromatic heterocycles. The lowest BCUT2D eigenvalue weighted by Gasteiger charge is -2.29. The molecule has 1 aromatic rings. The zero-order valence-electron chi connectivity index (χ0n) is 11.3. The number of benzene rings is 1. The summed E-state index contributed by atoms with van der Waals surface area (Å²) in [6.45, 7) is 2.06. The Kier molecular flexibility index (Phi) is 4.82. The van der Waals surface area contributed by atoms with Crippen molar-refractivity contribution in [2.75, 3.05) is 27.2 Å². The largest absolute Gasteiger partial charge is 0.496 e. The summed E-state index contributed by atoms with van der Waals surface area (Å²) in [5.41, 5.74) is 0.588. The van der Waals surface area contributed by atoms with Gasteiger partial charge in [0.25, 0.3) is 5.91 Å². The monoisotopic (exact) mass is 326 g/mol. The van der Waals surface area contributed by atoms with Crippen molar-refractivity contribution in [1.82, 2.24) is 10.2 Å². The average Bonchev–Trinajstić information content (AvgIpc) is 2.41. The van der Waals surface area contributed by atoms with Gasteiger partial charge in [-0.1, -0.05) is 15.9 Å². The Morgan fingerprint density at radius 2 is 2.11 bits per heavy atom. The molecule has 0 bridgehead atoms. The standard InChI is InChI=1S/C14H19BrN2O2/c1-17-7-5-11(6-8-17)16-14(18)12-4-3-10(15)9-13(12)19-2/h3-4,9,11H,5-8H2,1-2H3,(H,16,18). The number of carbonyl (C=O) groups excluding carboxylic acids is 1. The zero-order chi connectivity index (χ0) is 13.8. The molecule has 0 unspecified atom stereocenters. The van der Waals surface area contributed by atoms with Gasteiger partial charge in [-0.3, -0.25) is 4.79 Å². The fraction of sp³-hybridized carbons (Fsp3) is 0.500. The lowest BCUT2D eigenvalue weighted by Crippen LogP contribution is -2.43. The van der Waals surface area contributed by atoms with E-state index in [2.05, 4.69) is 33.2 Å². The molecule has 0 saturated carbocycles. The predicted molar refractivity (Wildman–Crippen MR) is 78.7 cm³/mol. The SMILES string of the molecule is COc1cc(Br)ccc1C(=O)NC1CCN(C)CC1.